The molecule has 0 fully saturated rings. The minimum Gasteiger partial charge on any atom is -0.444 e. The zero-order chi connectivity index (χ0) is 16.9. The number of ether oxygens (including phenoxy) is 1. The first-order valence-electron chi connectivity index (χ1n) is 7.56. The van der Waals surface area contributed by atoms with Crippen molar-refractivity contribution in [3.05, 3.63) is 48.0 Å². The van der Waals surface area contributed by atoms with Gasteiger partial charge in [0, 0.05) is 24.1 Å². The van der Waals surface area contributed by atoms with Crippen LogP contribution in [-0.2, 0) is 11.2 Å². The summed E-state index contributed by atoms with van der Waals surface area (Å²) in [5.41, 5.74) is 1.70. The first-order valence-corrected chi connectivity index (χ1v) is 8.34. The van der Waals surface area contributed by atoms with Crippen molar-refractivity contribution in [3.63, 3.8) is 0 Å². The number of benzene rings is 1. The van der Waals surface area contributed by atoms with Crippen molar-refractivity contribution >= 4 is 18.0 Å². The number of nitrogens with one attached hydrogen (secondary N) is 1. The van der Waals surface area contributed by atoms with Gasteiger partial charge < -0.3 is 10.1 Å². The zero-order valence-electron chi connectivity index (χ0n) is 14.0. The van der Waals surface area contributed by atoms with Crippen molar-refractivity contribution in [2.75, 3.05) is 6.54 Å². The van der Waals surface area contributed by atoms with Crippen LogP contribution in [0.4, 0.5) is 4.79 Å². The van der Waals surface area contributed by atoms with Gasteiger partial charge in [0.25, 0.3) is 0 Å². The second-order valence-electron chi connectivity index (χ2n) is 6.31. The van der Waals surface area contributed by atoms with E-state index >= 15 is 0 Å². The van der Waals surface area contributed by atoms with Gasteiger partial charge in [-0.2, -0.15) is 0 Å². The third kappa shape index (κ3) is 6.36. The Morgan fingerprint density at radius 3 is 2.65 bits per heavy atom. The third-order valence-corrected chi connectivity index (χ3v) is 3.79. The largest absolute Gasteiger partial charge is 0.444 e. The molecule has 1 amide bonds. The molecule has 0 atom stereocenters. The van der Waals surface area contributed by atoms with Gasteiger partial charge in [0.05, 0.1) is 5.69 Å². The number of carbonyl (C=O) groups is 1. The van der Waals surface area contributed by atoms with Crippen molar-refractivity contribution < 1.29 is 9.53 Å². The Morgan fingerprint density at radius 1 is 1.30 bits per heavy atom. The van der Waals surface area contributed by atoms with E-state index < -0.39 is 11.7 Å². The molecule has 6 heteroatoms. The lowest BCUT2D eigenvalue weighted by Gasteiger charge is -2.19. The van der Waals surface area contributed by atoms with Crippen LogP contribution in [0.3, 0.4) is 0 Å². The number of hydrogen-bond acceptors (Lipinski definition) is 4. The molecule has 1 aromatic heterocycles. The lowest BCUT2D eigenvalue weighted by Crippen LogP contribution is -2.33. The highest BCUT2D eigenvalue weighted by molar-refractivity contribution is 7.97. The Bertz CT molecular complexity index is 645. The SMILES string of the molecule is Cc1ccc(Sn2cnc(CCNC(=O)OC(C)(C)C)c2)cc1. The molecule has 0 unspecified atom stereocenters. The Morgan fingerprint density at radius 2 is 2.00 bits per heavy atom. The molecule has 0 saturated heterocycles. The van der Waals surface area contributed by atoms with Gasteiger partial charge in [-0.1, -0.05) is 17.7 Å². The molecule has 1 aromatic carbocycles. The van der Waals surface area contributed by atoms with Crippen LogP contribution < -0.4 is 5.32 Å². The molecule has 0 radical (unpaired) electrons. The summed E-state index contributed by atoms with van der Waals surface area (Å²) < 4.78 is 7.16. The number of carbonyl (C=O) groups excluding carboxylic acids is 1. The summed E-state index contributed by atoms with van der Waals surface area (Å²) in [6.07, 6.45) is 4.03. The number of alkyl carbamates (subject to hydrolysis) is 1. The van der Waals surface area contributed by atoms with Gasteiger partial charge in [0.2, 0.25) is 0 Å². The third-order valence-electron chi connectivity index (χ3n) is 2.89. The molecule has 5 nitrogen and oxygen atoms in total. The maximum atomic E-state index is 11.6. The molecule has 1 heterocycles. The fourth-order valence-corrected chi connectivity index (χ4v) is 2.62. The number of rotatable bonds is 5. The molecule has 0 spiro atoms. The topological polar surface area (TPSA) is 56.2 Å². The van der Waals surface area contributed by atoms with Crippen molar-refractivity contribution in [2.24, 2.45) is 0 Å². The Labute approximate surface area is 141 Å². The number of nitrogens with zero attached hydrogens (tertiary/aromatic N) is 2. The number of aromatic nitrogens is 2. The van der Waals surface area contributed by atoms with E-state index in [0.29, 0.717) is 13.0 Å². The molecule has 2 aromatic rings. The van der Waals surface area contributed by atoms with Crippen LogP contribution in [0.1, 0.15) is 32.0 Å². The van der Waals surface area contributed by atoms with Gasteiger partial charge in [-0.25, -0.2) is 9.78 Å². The molecule has 23 heavy (non-hydrogen) atoms. The molecular formula is C17H23N3O2S. The molecule has 2 rings (SSSR count). The van der Waals surface area contributed by atoms with Crippen molar-refractivity contribution in [3.8, 4) is 0 Å². The zero-order valence-corrected chi connectivity index (χ0v) is 14.8. The van der Waals surface area contributed by atoms with E-state index in [2.05, 4.69) is 41.5 Å². The van der Waals surface area contributed by atoms with Crippen LogP contribution in [0.25, 0.3) is 0 Å². The van der Waals surface area contributed by atoms with Gasteiger partial charge in [-0.05, 0) is 51.8 Å². The summed E-state index contributed by atoms with van der Waals surface area (Å²) in [6.45, 7) is 8.10. The second-order valence-corrected chi connectivity index (χ2v) is 7.38. The lowest BCUT2D eigenvalue weighted by molar-refractivity contribution is 0.0528. The Hall–Kier alpha value is -1.95. The summed E-state index contributed by atoms with van der Waals surface area (Å²) in [6, 6.07) is 8.35. The molecule has 0 aliphatic carbocycles. The van der Waals surface area contributed by atoms with Crippen molar-refractivity contribution in [1.29, 1.82) is 0 Å². The average Bonchev–Trinajstić information content (AvgIpc) is 2.87. The van der Waals surface area contributed by atoms with E-state index in [4.69, 9.17) is 4.74 Å². The van der Waals surface area contributed by atoms with Crippen LogP contribution in [-0.4, -0.2) is 27.2 Å². The van der Waals surface area contributed by atoms with Crippen molar-refractivity contribution in [1.82, 2.24) is 14.3 Å². The smallest absolute Gasteiger partial charge is 0.407 e. The number of hydrogen-bond donors (Lipinski definition) is 1. The normalized spacial score (nSPS) is 11.3. The molecular weight excluding hydrogens is 310 g/mol. The highest BCUT2D eigenvalue weighted by Crippen LogP contribution is 2.20. The lowest BCUT2D eigenvalue weighted by atomic mass is 10.2. The quantitative estimate of drug-likeness (QED) is 0.904. The van der Waals surface area contributed by atoms with E-state index in [9.17, 15) is 4.79 Å². The van der Waals surface area contributed by atoms with Crippen LogP contribution >= 0.6 is 11.9 Å². The minimum atomic E-state index is -0.476. The van der Waals surface area contributed by atoms with Crippen LogP contribution in [0, 0.1) is 6.92 Å². The first kappa shape index (κ1) is 17.4. The van der Waals surface area contributed by atoms with Gasteiger partial charge in [-0.3, -0.25) is 3.97 Å². The second kappa shape index (κ2) is 7.55. The number of imidazole rings is 1. The minimum absolute atomic E-state index is 0.397. The van der Waals surface area contributed by atoms with Gasteiger partial charge in [0.15, 0.2) is 0 Å². The maximum Gasteiger partial charge on any atom is 0.407 e. The molecule has 124 valence electrons. The van der Waals surface area contributed by atoms with Crippen LogP contribution in [0.15, 0.2) is 41.7 Å². The molecule has 1 N–H and O–H groups in total. The summed E-state index contributed by atoms with van der Waals surface area (Å²) >= 11 is 1.61. The van der Waals surface area contributed by atoms with Crippen LogP contribution in [0.2, 0.25) is 0 Å². The molecule has 0 aliphatic heterocycles. The van der Waals surface area contributed by atoms with E-state index in [0.717, 1.165) is 10.6 Å². The standard InChI is InChI=1S/C17H23N3O2S/c1-13-5-7-15(8-6-13)23-20-11-14(19-12-20)9-10-18-16(21)22-17(2,3)4/h5-8,11-12H,9-10H2,1-4H3,(H,18,21). The predicted molar refractivity (Wildman–Crippen MR) is 92.6 cm³/mol. The molecule has 0 bridgehead atoms. The molecule has 0 saturated carbocycles. The fourth-order valence-electron chi connectivity index (χ4n) is 1.85. The summed E-state index contributed by atoms with van der Waals surface area (Å²) in [5, 5.41) is 2.74. The number of amides is 1. The van der Waals surface area contributed by atoms with E-state index in [-0.39, 0.29) is 0 Å². The maximum absolute atomic E-state index is 11.6. The summed E-state index contributed by atoms with van der Waals surface area (Å²) in [5.74, 6) is 0. The van der Waals surface area contributed by atoms with Crippen molar-refractivity contribution in [2.45, 2.75) is 44.6 Å². The predicted octanol–water partition coefficient (Wildman–Crippen LogP) is 3.81. The average molecular weight is 333 g/mol. The fraction of sp³-hybridized carbons (Fsp3) is 0.412. The highest BCUT2D eigenvalue weighted by atomic mass is 32.2. The highest BCUT2D eigenvalue weighted by Gasteiger charge is 2.15. The van der Waals surface area contributed by atoms with E-state index in [1.54, 1.807) is 18.3 Å². The first-order chi connectivity index (χ1) is 10.8. The monoisotopic (exact) mass is 333 g/mol. The number of aryl methyl sites for hydroxylation is 1. The Kier molecular flexibility index (Phi) is 5.71. The molecule has 0 aliphatic rings. The summed E-state index contributed by atoms with van der Waals surface area (Å²) in [4.78, 5) is 17.1. The van der Waals surface area contributed by atoms with Gasteiger partial charge in [-0.15, -0.1) is 0 Å². The summed E-state index contributed by atoms with van der Waals surface area (Å²) in [7, 11) is 0. The van der Waals surface area contributed by atoms with E-state index in [1.165, 1.54) is 5.56 Å². The van der Waals surface area contributed by atoms with E-state index in [1.807, 2.05) is 30.9 Å². The Balaban J connectivity index is 1.78. The van der Waals surface area contributed by atoms with Crippen LogP contribution in [0.5, 0.6) is 0 Å². The van der Waals surface area contributed by atoms with Gasteiger partial charge >= 0.3 is 6.09 Å². The van der Waals surface area contributed by atoms with Gasteiger partial charge in [0.1, 0.15) is 11.9 Å².